The first-order valence-electron chi connectivity index (χ1n) is 6.47. The summed E-state index contributed by atoms with van der Waals surface area (Å²) in [6.07, 6.45) is 2.72. The summed E-state index contributed by atoms with van der Waals surface area (Å²) in [6.45, 7) is 17.2. The third-order valence-electron chi connectivity index (χ3n) is 2.95. The molecule has 0 bridgehead atoms. The van der Waals surface area contributed by atoms with Gasteiger partial charge < -0.3 is 5.32 Å². The van der Waals surface area contributed by atoms with Crippen LogP contribution in [0.25, 0.3) is 0 Å². The molecular weight excluding hydrogens is 182 g/mol. The number of hydrogen-bond acceptors (Lipinski definition) is 1. The van der Waals surface area contributed by atoms with Crippen LogP contribution in [-0.4, -0.2) is 12.1 Å². The van der Waals surface area contributed by atoms with E-state index in [-0.39, 0.29) is 5.54 Å². The molecule has 1 N–H and O–H groups in total. The molecule has 92 valence electrons. The maximum Gasteiger partial charge on any atom is 0.00966 e. The zero-order chi connectivity index (χ0) is 12.1. The highest BCUT2D eigenvalue weighted by atomic mass is 14.9. The molecule has 15 heavy (non-hydrogen) atoms. The molecule has 0 aliphatic heterocycles. The summed E-state index contributed by atoms with van der Waals surface area (Å²) >= 11 is 0. The molecule has 0 aromatic carbocycles. The zero-order valence-corrected chi connectivity index (χ0v) is 11.9. The fraction of sp³-hybridized carbons (Fsp3) is 1.00. The lowest BCUT2D eigenvalue weighted by atomic mass is 9.88. The highest BCUT2D eigenvalue weighted by Crippen LogP contribution is 2.20. The van der Waals surface area contributed by atoms with Crippen molar-refractivity contribution in [1.82, 2.24) is 5.32 Å². The van der Waals surface area contributed by atoms with Crippen LogP contribution in [0.3, 0.4) is 0 Å². The van der Waals surface area contributed by atoms with E-state index in [0.717, 1.165) is 24.3 Å². The van der Waals surface area contributed by atoms with Gasteiger partial charge in [0.1, 0.15) is 0 Å². The second-order valence-corrected chi connectivity index (χ2v) is 6.61. The largest absolute Gasteiger partial charge is 0.312 e. The van der Waals surface area contributed by atoms with Crippen molar-refractivity contribution in [2.45, 2.75) is 66.8 Å². The van der Waals surface area contributed by atoms with Crippen molar-refractivity contribution in [2.24, 2.45) is 17.8 Å². The minimum absolute atomic E-state index is 0.255. The van der Waals surface area contributed by atoms with Crippen molar-refractivity contribution < 1.29 is 0 Å². The fourth-order valence-corrected chi connectivity index (χ4v) is 1.66. The molecule has 1 heteroatoms. The Labute approximate surface area is 97.0 Å². The maximum absolute atomic E-state index is 3.63. The monoisotopic (exact) mass is 213 g/mol. The molecule has 0 aliphatic carbocycles. The summed E-state index contributed by atoms with van der Waals surface area (Å²) in [7, 11) is 0. The summed E-state index contributed by atoms with van der Waals surface area (Å²) in [6, 6.07) is 0. The predicted octanol–water partition coefficient (Wildman–Crippen LogP) is 4.08. The van der Waals surface area contributed by atoms with Crippen LogP contribution in [0.1, 0.15) is 61.3 Å². The molecule has 0 heterocycles. The molecule has 0 aromatic heterocycles. The Morgan fingerprint density at radius 2 is 1.47 bits per heavy atom. The van der Waals surface area contributed by atoms with Crippen molar-refractivity contribution in [1.29, 1.82) is 0 Å². The van der Waals surface area contributed by atoms with Crippen LogP contribution < -0.4 is 5.32 Å². The molecule has 0 amide bonds. The lowest BCUT2D eigenvalue weighted by Gasteiger charge is -2.28. The van der Waals surface area contributed by atoms with Crippen molar-refractivity contribution >= 4 is 0 Å². The van der Waals surface area contributed by atoms with Gasteiger partial charge in [-0.3, -0.25) is 0 Å². The normalized spacial score (nSPS) is 15.0. The van der Waals surface area contributed by atoms with Crippen LogP contribution in [0.15, 0.2) is 0 Å². The Kier molecular flexibility index (Phi) is 6.51. The Morgan fingerprint density at radius 3 is 1.80 bits per heavy atom. The van der Waals surface area contributed by atoms with Crippen molar-refractivity contribution in [2.75, 3.05) is 6.54 Å². The summed E-state index contributed by atoms with van der Waals surface area (Å²) in [5.74, 6) is 2.45. The first kappa shape index (κ1) is 15.0. The van der Waals surface area contributed by atoms with Gasteiger partial charge in [-0.1, -0.05) is 34.1 Å². The van der Waals surface area contributed by atoms with Gasteiger partial charge in [-0.25, -0.2) is 0 Å². The van der Waals surface area contributed by atoms with Gasteiger partial charge in [0.05, 0.1) is 0 Å². The molecular formula is C14H31N. The highest BCUT2D eigenvalue weighted by Gasteiger charge is 2.17. The van der Waals surface area contributed by atoms with Crippen molar-refractivity contribution in [3.05, 3.63) is 0 Å². The smallest absolute Gasteiger partial charge is 0.00966 e. The molecule has 0 saturated heterocycles. The second-order valence-electron chi connectivity index (χ2n) is 6.61. The quantitative estimate of drug-likeness (QED) is 0.701. The van der Waals surface area contributed by atoms with Gasteiger partial charge in [0.2, 0.25) is 0 Å². The number of nitrogens with one attached hydrogen (secondary N) is 1. The predicted molar refractivity (Wildman–Crippen MR) is 70.2 cm³/mol. The molecule has 0 aliphatic rings. The van der Waals surface area contributed by atoms with Crippen LogP contribution in [0.4, 0.5) is 0 Å². The molecule has 0 aromatic rings. The van der Waals surface area contributed by atoms with E-state index < -0.39 is 0 Å². The first-order valence-corrected chi connectivity index (χ1v) is 6.47. The van der Waals surface area contributed by atoms with Gasteiger partial charge in [0, 0.05) is 5.54 Å². The first-order chi connectivity index (χ1) is 6.72. The third-order valence-corrected chi connectivity index (χ3v) is 2.95. The Balaban J connectivity index is 3.95. The molecule has 1 atom stereocenters. The molecule has 1 unspecified atom stereocenters. The SMILES string of the molecule is CC(C)CCC(CNC(C)(C)C)C(C)C. The molecule has 1 nitrogen and oxygen atoms in total. The summed E-state index contributed by atoms with van der Waals surface area (Å²) in [5, 5.41) is 3.63. The van der Waals surface area contributed by atoms with Gasteiger partial charge in [-0.15, -0.1) is 0 Å². The highest BCUT2D eigenvalue weighted by molar-refractivity contribution is 4.75. The molecule has 0 rings (SSSR count). The van der Waals surface area contributed by atoms with Crippen LogP contribution >= 0.6 is 0 Å². The second kappa shape index (κ2) is 6.52. The van der Waals surface area contributed by atoms with Crippen molar-refractivity contribution in [3.63, 3.8) is 0 Å². The topological polar surface area (TPSA) is 12.0 Å². The Morgan fingerprint density at radius 1 is 0.933 bits per heavy atom. The summed E-state index contributed by atoms with van der Waals surface area (Å²) < 4.78 is 0. The van der Waals surface area contributed by atoms with E-state index in [2.05, 4.69) is 53.8 Å². The van der Waals surface area contributed by atoms with Gasteiger partial charge in [-0.05, 0) is 51.5 Å². The fourth-order valence-electron chi connectivity index (χ4n) is 1.66. The van der Waals surface area contributed by atoms with E-state index >= 15 is 0 Å². The zero-order valence-electron chi connectivity index (χ0n) is 11.9. The van der Waals surface area contributed by atoms with E-state index in [1.54, 1.807) is 0 Å². The van der Waals surface area contributed by atoms with Gasteiger partial charge in [-0.2, -0.15) is 0 Å². The van der Waals surface area contributed by atoms with Crippen LogP contribution in [-0.2, 0) is 0 Å². The van der Waals surface area contributed by atoms with Gasteiger partial charge in [0.15, 0.2) is 0 Å². The summed E-state index contributed by atoms with van der Waals surface area (Å²) in [5.41, 5.74) is 0.255. The van der Waals surface area contributed by atoms with Crippen molar-refractivity contribution in [3.8, 4) is 0 Å². The van der Waals surface area contributed by atoms with E-state index in [9.17, 15) is 0 Å². The molecule has 0 saturated carbocycles. The average Bonchev–Trinajstić information content (AvgIpc) is 2.00. The van der Waals surface area contributed by atoms with Gasteiger partial charge in [0.25, 0.3) is 0 Å². The van der Waals surface area contributed by atoms with E-state index in [1.807, 2.05) is 0 Å². The standard InChI is InChI=1S/C14H31N/c1-11(2)8-9-13(12(3)4)10-15-14(5,6)7/h11-13,15H,8-10H2,1-7H3. The maximum atomic E-state index is 3.63. The minimum atomic E-state index is 0.255. The molecule has 0 spiro atoms. The third kappa shape index (κ3) is 8.92. The number of rotatable bonds is 6. The lowest BCUT2D eigenvalue weighted by Crippen LogP contribution is -2.40. The minimum Gasteiger partial charge on any atom is -0.312 e. The Bertz CT molecular complexity index is 153. The van der Waals surface area contributed by atoms with Crippen LogP contribution in [0.2, 0.25) is 0 Å². The van der Waals surface area contributed by atoms with E-state index in [4.69, 9.17) is 0 Å². The van der Waals surface area contributed by atoms with Gasteiger partial charge >= 0.3 is 0 Å². The summed E-state index contributed by atoms with van der Waals surface area (Å²) in [4.78, 5) is 0. The van der Waals surface area contributed by atoms with Crippen LogP contribution in [0.5, 0.6) is 0 Å². The Hall–Kier alpha value is -0.0400. The van der Waals surface area contributed by atoms with E-state index in [1.165, 1.54) is 12.8 Å². The van der Waals surface area contributed by atoms with Crippen LogP contribution in [0, 0.1) is 17.8 Å². The molecule has 0 radical (unpaired) electrons. The average molecular weight is 213 g/mol. The number of hydrogen-bond donors (Lipinski definition) is 1. The molecule has 0 fully saturated rings. The van der Waals surface area contributed by atoms with E-state index in [0.29, 0.717) is 0 Å². The lowest BCUT2D eigenvalue weighted by molar-refractivity contribution is 0.284.